The lowest BCUT2D eigenvalue weighted by atomic mass is 10.0. The number of fused-ring (bicyclic) bond motifs is 2. The molecule has 0 N–H and O–H groups in total. The third-order valence-corrected chi connectivity index (χ3v) is 4.83. The quantitative estimate of drug-likeness (QED) is 0.788. The third kappa shape index (κ3) is 2.89. The highest BCUT2D eigenvalue weighted by Crippen LogP contribution is 2.41. The number of aromatic nitrogens is 1. The summed E-state index contributed by atoms with van der Waals surface area (Å²) >= 11 is 5.86. The van der Waals surface area contributed by atoms with E-state index in [9.17, 15) is 4.79 Å². The second-order valence-electron chi connectivity index (χ2n) is 6.20. The molecule has 0 spiro atoms. The van der Waals surface area contributed by atoms with Crippen molar-refractivity contribution < 1.29 is 9.53 Å². The minimum Gasteiger partial charge on any atom is -0.445 e. The van der Waals surface area contributed by atoms with Crippen LogP contribution in [0, 0.1) is 5.92 Å². The van der Waals surface area contributed by atoms with Crippen molar-refractivity contribution in [2.45, 2.75) is 19.1 Å². The average Bonchev–Trinajstić information content (AvgIpc) is 3.22. The molecule has 2 heterocycles. The van der Waals surface area contributed by atoms with Crippen LogP contribution in [0.25, 0.3) is 5.57 Å². The van der Waals surface area contributed by atoms with Gasteiger partial charge in [-0.3, -0.25) is 0 Å². The lowest BCUT2D eigenvalue weighted by Crippen LogP contribution is -2.38. The van der Waals surface area contributed by atoms with E-state index in [1.807, 2.05) is 41.3 Å². The van der Waals surface area contributed by atoms with Crippen LogP contribution in [0.4, 0.5) is 4.79 Å². The zero-order valence-corrected chi connectivity index (χ0v) is 13.8. The summed E-state index contributed by atoms with van der Waals surface area (Å²) in [5.41, 5.74) is 3.16. The first-order valence-electron chi connectivity index (χ1n) is 8.01. The maximum Gasteiger partial charge on any atom is 0.410 e. The molecule has 1 aromatic carbocycles. The first-order chi connectivity index (χ1) is 11.7. The summed E-state index contributed by atoms with van der Waals surface area (Å²) in [6.45, 7) is 1.03. The summed E-state index contributed by atoms with van der Waals surface area (Å²) in [5, 5.41) is 0.474. The van der Waals surface area contributed by atoms with E-state index in [1.54, 1.807) is 12.3 Å². The number of hydrogen-bond donors (Lipinski definition) is 0. The Bertz CT molecular complexity index is 774. The SMILES string of the molecule is O=C(OCc1ccccc1)N1C[C@H]2C=C(c3ccc(Cl)nc3)[C@@H]1C2. The molecule has 4 rings (SSSR count). The molecule has 2 bridgehead atoms. The maximum absolute atomic E-state index is 12.5. The topological polar surface area (TPSA) is 42.4 Å². The molecule has 1 aliphatic carbocycles. The van der Waals surface area contributed by atoms with Crippen molar-refractivity contribution in [3.05, 3.63) is 71.0 Å². The second kappa shape index (κ2) is 6.29. The first-order valence-corrected chi connectivity index (χ1v) is 8.39. The van der Waals surface area contributed by atoms with Crippen molar-refractivity contribution in [3.63, 3.8) is 0 Å². The number of carbonyl (C=O) groups is 1. The molecule has 1 fully saturated rings. The van der Waals surface area contributed by atoms with Crippen molar-refractivity contribution in [1.29, 1.82) is 0 Å². The van der Waals surface area contributed by atoms with Crippen molar-refractivity contribution in [1.82, 2.24) is 9.88 Å². The number of ether oxygens (including phenoxy) is 1. The molecule has 2 atom stereocenters. The van der Waals surface area contributed by atoms with Gasteiger partial charge in [0.25, 0.3) is 0 Å². The molecule has 1 aromatic heterocycles. The van der Waals surface area contributed by atoms with Gasteiger partial charge in [0.15, 0.2) is 0 Å². The van der Waals surface area contributed by atoms with Crippen LogP contribution in [-0.2, 0) is 11.3 Å². The smallest absolute Gasteiger partial charge is 0.410 e. The molecule has 122 valence electrons. The first kappa shape index (κ1) is 15.2. The van der Waals surface area contributed by atoms with E-state index >= 15 is 0 Å². The Hall–Kier alpha value is -2.33. The van der Waals surface area contributed by atoms with Crippen LogP contribution in [0.5, 0.6) is 0 Å². The van der Waals surface area contributed by atoms with Crippen molar-refractivity contribution >= 4 is 23.3 Å². The molecule has 4 nitrogen and oxygen atoms in total. The molecule has 0 unspecified atom stereocenters. The predicted molar refractivity (Wildman–Crippen MR) is 92.5 cm³/mol. The Kier molecular flexibility index (Phi) is 3.98. The molecule has 1 saturated heterocycles. The second-order valence-corrected chi connectivity index (χ2v) is 6.58. The number of likely N-dealkylation sites (tertiary alicyclic amines) is 1. The standard InChI is InChI=1S/C19H17ClN2O2/c20-18-7-6-15(10-21-18)16-8-14-9-17(16)22(11-14)19(23)24-12-13-4-2-1-3-5-13/h1-8,10,14,17H,9,11-12H2/t14-,17-/m0/s1. The summed E-state index contributed by atoms with van der Waals surface area (Å²) in [6, 6.07) is 13.5. The van der Waals surface area contributed by atoms with Crippen LogP contribution < -0.4 is 0 Å². The molecule has 5 heteroatoms. The van der Waals surface area contributed by atoms with Gasteiger partial charge in [0.2, 0.25) is 0 Å². The maximum atomic E-state index is 12.5. The number of benzene rings is 1. The summed E-state index contributed by atoms with van der Waals surface area (Å²) in [7, 11) is 0. The number of halogens is 1. The largest absolute Gasteiger partial charge is 0.445 e. The summed E-state index contributed by atoms with van der Waals surface area (Å²) in [5.74, 6) is 0.393. The van der Waals surface area contributed by atoms with E-state index in [1.165, 1.54) is 0 Å². The summed E-state index contributed by atoms with van der Waals surface area (Å²) < 4.78 is 5.49. The molecular formula is C19H17ClN2O2. The minimum atomic E-state index is -0.251. The molecule has 0 saturated carbocycles. The van der Waals surface area contributed by atoms with Gasteiger partial charge in [0.05, 0.1) is 6.04 Å². The van der Waals surface area contributed by atoms with E-state index in [-0.39, 0.29) is 12.1 Å². The lowest BCUT2D eigenvalue weighted by molar-refractivity contribution is 0.0970. The Balaban J connectivity index is 1.45. The van der Waals surface area contributed by atoms with Gasteiger partial charge in [0, 0.05) is 12.7 Å². The van der Waals surface area contributed by atoms with Crippen LogP contribution in [0.3, 0.4) is 0 Å². The van der Waals surface area contributed by atoms with Crippen LogP contribution >= 0.6 is 11.6 Å². The van der Waals surface area contributed by atoms with Gasteiger partial charge in [-0.05, 0) is 35.1 Å². The van der Waals surface area contributed by atoms with Gasteiger partial charge >= 0.3 is 6.09 Å². The minimum absolute atomic E-state index is 0.0706. The van der Waals surface area contributed by atoms with Gasteiger partial charge in [-0.25, -0.2) is 9.78 Å². The predicted octanol–water partition coefficient (Wildman–Crippen LogP) is 4.16. The average molecular weight is 341 g/mol. The summed E-state index contributed by atoms with van der Waals surface area (Å²) in [4.78, 5) is 18.5. The Morgan fingerprint density at radius 1 is 1.25 bits per heavy atom. The number of hydrogen-bond acceptors (Lipinski definition) is 3. The Morgan fingerprint density at radius 2 is 2.08 bits per heavy atom. The lowest BCUT2D eigenvalue weighted by Gasteiger charge is -2.27. The molecular weight excluding hydrogens is 324 g/mol. The molecule has 1 aliphatic heterocycles. The van der Waals surface area contributed by atoms with Gasteiger partial charge in [-0.1, -0.05) is 54.1 Å². The van der Waals surface area contributed by atoms with Gasteiger partial charge in [0.1, 0.15) is 11.8 Å². The van der Waals surface area contributed by atoms with Crippen molar-refractivity contribution in [2.75, 3.05) is 6.54 Å². The van der Waals surface area contributed by atoms with Gasteiger partial charge in [-0.2, -0.15) is 0 Å². The third-order valence-electron chi connectivity index (χ3n) is 4.61. The highest BCUT2D eigenvalue weighted by Gasteiger charge is 2.42. The van der Waals surface area contributed by atoms with Gasteiger partial charge < -0.3 is 9.64 Å². The monoisotopic (exact) mass is 340 g/mol. The fourth-order valence-electron chi connectivity index (χ4n) is 3.49. The normalized spacial score (nSPS) is 21.7. The van der Waals surface area contributed by atoms with E-state index in [2.05, 4.69) is 11.1 Å². The number of rotatable bonds is 3. The van der Waals surface area contributed by atoms with Crippen molar-refractivity contribution in [2.24, 2.45) is 5.92 Å². The fraction of sp³-hybridized carbons (Fsp3) is 0.263. The van der Waals surface area contributed by atoms with Crippen molar-refractivity contribution in [3.8, 4) is 0 Å². The van der Waals surface area contributed by atoms with E-state index in [0.717, 1.165) is 29.7 Å². The molecule has 24 heavy (non-hydrogen) atoms. The number of amides is 1. The van der Waals surface area contributed by atoms with E-state index in [4.69, 9.17) is 16.3 Å². The van der Waals surface area contributed by atoms with Crippen LogP contribution in [-0.4, -0.2) is 28.6 Å². The zero-order chi connectivity index (χ0) is 16.5. The number of nitrogens with zero attached hydrogens (tertiary/aromatic N) is 2. The zero-order valence-electron chi connectivity index (χ0n) is 13.1. The molecule has 2 aromatic rings. The Morgan fingerprint density at radius 3 is 2.79 bits per heavy atom. The molecule has 1 amide bonds. The number of carbonyl (C=O) groups excluding carboxylic acids is 1. The fourth-order valence-corrected chi connectivity index (χ4v) is 3.60. The number of pyridine rings is 1. The molecule has 0 radical (unpaired) electrons. The van der Waals surface area contributed by atoms with E-state index < -0.39 is 0 Å². The van der Waals surface area contributed by atoms with Gasteiger partial charge in [-0.15, -0.1) is 0 Å². The summed E-state index contributed by atoms with van der Waals surface area (Å²) in [6.07, 6.45) is 4.72. The van der Waals surface area contributed by atoms with Crippen LogP contribution in [0.2, 0.25) is 5.15 Å². The molecule has 2 aliphatic rings. The highest BCUT2D eigenvalue weighted by molar-refractivity contribution is 6.29. The van der Waals surface area contributed by atoms with E-state index in [0.29, 0.717) is 17.7 Å². The Labute approximate surface area is 145 Å². The van der Waals surface area contributed by atoms with Crippen LogP contribution in [0.1, 0.15) is 17.5 Å². The van der Waals surface area contributed by atoms with Crippen LogP contribution in [0.15, 0.2) is 54.7 Å². The highest BCUT2D eigenvalue weighted by atomic mass is 35.5.